The molecule has 0 aliphatic carbocycles. The third kappa shape index (κ3) is 2.12. The van der Waals surface area contributed by atoms with Gasteiger partial charge in [0.05, 0.1) is 0 Å². The van der Waals surface area contributed by atoms with E-state index in [1.807, 2.05) is 18.2 Å². The molecule has 1 atom stereocenters. The minimum Gasteiger partial charge on any atom is -0.508 e. The fourth-order valence-electron chi connectivity index (χ4n) is 2.26. The molecular weight excluding hydrogens is 244 g/mol. The molecule has 4 heteroatoms. The van der Waals surface area contributed by atoms with E-state index in [-0.39, 0.29) is 23.7 Å². The van der Waals surface area contributed by atoms with Gasteiger partial charge in [-0.05, 0) is 18.2 Å². The summed E-state index contributed by atoms with van der Waals surface area (Å²) in [5, 5.41) is 19.0. The van der Waals surface area contributed by atoms with Gasteiger partial charge in [-0.25, -0.2) is 0 Å². The van der Waals surface area contributed by atoms with Crippen LogP contribution in [0, 0.1) is 0 Å². The van der Waals surface area contributed by atoms with Gasteiger partial charge in [-0.1, -0.05) is 18.2 Å². The molecule has 0 saturated heterocycles. The van der Waals surface area contributed by atoms with Crippen LogP contribution in [0.3, 0.4) is 0 Å². The number of ether oxygens (including phenoxy) is 1. The Balaban J connectivity index is 2.00. The van der Waals surface area contributed by atoms with Crippen molar-refractivity contribution in [2.45, 2.75) is 12.5 Å². The Kier molecular flexibility index (Phi) is 2.63. The molecule has 4 nitrogen and oxygen atoms in total. The number of ketones is 1. The monoisotopic (exact) mass is 256 g/mol. The van der Waals surface area contributed by atoms with Crippen LogP contribution < -0.4 is 4.74 Å². The first kappa shape index (κ1) is 11.6. The first-order chi connectivity index (χ1) is 9.13. The Morgan fingerprint density at radius 2 is 1.74 bits per heavy atom. The Morgan fingerprint density at radius 3 is 2.47 bits per heavy atom. The number of fused-ring (bicyclic) bond motifs is 1. The number of rotatable bonds is 1. The second-order valence-electron chi connectivity index (χ2n) is 4.53. The Bertz CT molecular complexity index is 628. The lowest BCUT2D eigenvalue weighted by atomic mass is 9.96. The average Bonchev–Trinajstić information content (AvgIpc) is 2.36. The van der Waals surface area contributed by atoms with Crippen molar-refractivity contribution in [3.63, 3.8) is 0 Å². The molecule has 3 rings (SSSR count). The molecule has 0 saturated carbocycles. The first-order valence-corrected chi connectivity index (χ1v) is 5.94. The van der Waals surface area contributed by atoms with Gasteiger partial charge in [0.15, 0.2) is 11.9 Å². The van der Waals surface area contributed by atoms with Gasteiger partial charge >= 0.3 is 0 Å². The zero-order chi connectivity index (χ0) is 13.4. The van der Waals surface area contributed by atoms with E-state index in [1.165, 1.54) is 18.2 Å². The average molecular weight is 256 g/mol. The molecule has 0 aromatic heterocycles. The highest BCUT2D eigenvalue weighted by Gasteiger charge is 2.29. The lowest BCUT2D eigenvalue weighted by molar-refractivity contribution is -0.126. The van der Waals surface area contributed by atoms with Gasteiger partial charge < -0.3 is 14.9 Å². The summed E-state index contributed by atoms with van der Waals surface area (Å²) in [6, 6.07) is 11.4. The second kappa shape index (κ2) is 4.31. The summed E-state index contributed by atoms with van der Waals surface area (Å²) in [7, 11) is 0. The molecule has 1 aliphatic rings. The molecule has 0 radical (unpaired) electrons. The first-order valence-electron chi connectivity index (χ1n) is 5.94. The summed E-state index contributed by atoms with van der Waals surface area (Å²) in [4.78, 5) is 12.1. The van der Waals surface area contributed by atoms with E-state index < -0.39 is 6.10 Å². The van der Waals surface area contributed by atoms with Gasteiger partial charge in [-0.3, -0.25) is 4.79 Å². The molecule has 1 unspecified atom stereocenters. The van der Waals surface area contributed by atoms with Crippen LogP contribution in [0.1, 0.15) is 17.2 Å². The van der Waals surface area contributed by atoms with E-state index in [2.05, 4.69) is 0 Å². The lowest BCUT2D eigenvalue weighted by Gasteiger charge is -2.25. The quantitative estimate of drug-likeness (QED) is 0.821. The molecule has 1 heterocycles. The lowest BCUT2D eigenvalue weighted by Crippen LogP contribution is -2.25. The molecular formula is C15H12O4. The smallest absolute Gasteiger partial charge is 0.182 e. The zero-order valence-corrected chi connectivity index (χ0v) is 10.0. The molecule has 1 aliphatic heterocycles. The number of hydrogen-bond donors (Lipinski definition) is 2. The summed E-state index contributed by atoms with van der Waals surface area (Å²) in [5.41, 5.74) is 1.31. The van der Waals surface area contributed by atoms with Crippen molar-refractivity contribution in [1.82, 2.24) is 0 Å². The Morgan fingerprint density at radius 1 is 1.05 bits per heavy atom. The van der Waals surface area contributed by atoms with Crippen molar-refractivity contribution in [1.29, 1.82) is 0 Å². The number of Topliss-reactive ketones (excluding diaryl/α,β-unsaturated/α-hetero) is 1. The molecule has 2 aromatic carbocycles. The standard InChI is InChI=1S/C15H12O4/c16-11-5-10(6-12(17)8-11)15-13(18)7-9-3-1-2-4-14(9)19-15/h1-6,8,15-17H,7H2. The predicted octanol–water partition coefficient (Wildman–Crippen LogP) is 2.34. The summed E-state index contributed by atoms with van der Waals surface area (Å²) < 4.78 is 5.67. The van der Waals surface area contributed by atoms with Crippen LogP contribution in [-0.4, -0.2) is 16.0 Å². The number of para-hydroxylation sites is 1. The summed E-state index contributed by atoms with van der Waals surface area (Å²) in [5.74, 6) is 0.383. The number of carbonyl (C=O) groups excluding carboxylic acids is 1. The van der Waals surface area contributed by atoms with Crippen molar-refractivity contribution in [3.05, 3.63) is 53.6 Å². The van der Waals surface area contributed by atoms with Crippen LogP contribution >= 0.6 is 0 Å². The highest BCUT2D eigenvalue weighted by Crippen LogP contribution is 2.34. The SMILES string of the molecule is O=C1Cc2ccccc2OC1c1cc(O)cc(O)c1. The van der Waals surface area contributed by atoms with E-state index in [0.29, 0.717) is 11.3 Å². The third-order valence-electron chi connectivity index (χ3n) is 3.10. The van der Waals surface area contributed by atoms with E-state index in [9.17, 15) is 15.0 Å². The van der Waals surface area contributed by atoms with Crippen molar-refractivity contribution in [3.8, 4) is 17.2 Å². The maximum atomic E-state index is 12.1. The van der Waals surface area contributed by atoms with Gasteiger partial charge in [-0.15, -0.1) is 0 Å². The van der Waals surface area contributed by atoms with Crippen molar-refractivity contribution >= 4 is 5.78 Å². The normalized spacial score (nSPS) is 17.7. The summed E-state index contributed by atoms with van der Waals surface area (Å²) >= 11 is 0. The fraction of sp³-hybridized carbons (Fsp3) is 0.133. The number of aromatic hydroxyl groups is 2. The predicted molar refractivity (Wildman–Crippen MR) is 68.3 cm³/mol. The summed E-state index contributed by atoms with van der Waals surface area (Å²) in [6.07, 6.45) is -0.495. The Labute approximate surface area is 109 Å². The number of carbonyl (C=O) groups is 1. The minimum absolute atomic E-state index is 0.0924. The van der Waals surface area contributed by atoms with Crippen molar-refractivity contribution in [2.75, 3.05) is 0 Å². The molecule has 0 amide bonds. The number of phenols is 2. The van der Waals surface area contributed by atoms with Crippen LogP contribution in [-0.2, 0) is 11.2 Å². The number of benzene rings is 2. The van der Waals surface area contributed by atoms with Crippen molar-refractivity contribution in [2.24, 2.45) is 0 Å². The van der Waals surface area contributed by atoms with Crippen LogP contribution in [0.2, 0.25) is 0 Å². The third-order valence-corrected chi connectivity index (χ3v) is 3.10. The topological polar surface area (TPSA) is 66.8 Å². The van der Waals surface area contributed by atoms with Crippen molar-refractivity contribution < 1.29 is 19.7 Å². The van der Waals surface area contributed by atoms with Gasteiger partial charge in [-0.2, -0.15) is 0 Å². The van der Waals surface area contributed by atoms with E-state index in [0.717, 1.165) is 5.56 Å². The Hall–Kier alpha value is -2.49. The van der Waals surface area contributed by atoms with Crippen LogP contribution in [0.15, 0.2) is 42.5 Å². The molecule has 2 N–H and O–H groups in total. The van der Waals surface area contributed by atoms with Gasteiger partial charge in [0.1, 0.15) is 17.2 Å². The second-order valence-corrected chi connectivity index (χ2v) is 4.53. The molecule has 96 valence electrons. The maximum absolute atomic E-state index is 12.1. The molecule has 0 spiro atoms. The highest BCUT2D eigenvalue weighted by atomic mass is 16.5. The largest absolute Gasteiger partial charge is 0.508 e. The van der Waals surface area contributed by atoms with E-state index in [4.69, 9.17) is 4.74 Å². The van der Waals surface area contributed by atoms with Gasteiger partial charge in [0.25, 0.3) is 0 Å². The van der Waals surface area contributed by atoms with Crippen LogP contribution in [0.25, 0.3) is 0 Å². The fourth-order valence-corrected chi connectivity index (χ4v) is 2.26. The molecule has 0 bridgehead atoms. The molecule has 0 fully saturated rings. The minimum atomic E-state index is -0.784. The van der Waals surface area contributed by atoms with E-state index in [1.54, 1.807) is 6.07 Å². The zero-order valence-electron chi connectivity index (χ0n) is 10.0. The van der Waals surface area contributed by atoms with Gasteiger partial charge in [0.2, 0.25) is 0 Å². The highest BCUT2D eigenvalue weighted by molar-refractivity contribution is 5.88. The number of phenolic OH excluding ortho intramolecular Hbond substituents is 2. The van der Waals surface area contributed by atoms with E-state index >= 15 is 0 Å². The van der Waals surface area contributed by atoms with Gasteiger partial charge in [0, 0.05) is 23.6 Å². The molecule has 19 heavy (non-hydrogen) atoms. The van der Waals surface area contributed by atoms with Crippen LogP contribution in [0.4, 0.5) is 0 Å². The molecule has 2 aromatic rings. The maximum Gasteiger partial charge on any atom is 0.182 e. The summed E-state index contributed by atoms with van der Waals surface area (Å²) in [6.45, 7) is 0. The van der Waals surface area contributed by atoms with Crippen LogP contribution in [0.5, 0.6) is 17.2 Å². The number of hydrogen-bond acceptors (Lipinski definition) is 4.